The number of aryl methyl sites for hydroxylation is 1. The summed E-state index contributed by atoms with van der Waals surface area (Å²) in [5, 5.41) is 11.0. The van der Waals surface area contributed by atoms with Crippen LogP contribution in [0.5, 0.6) is 0 Å². The van der Waals surface area contributed by atoms with Crippen LogP contribution in [0.2, 0.25) is 0 Å². The number of rotatable bonds is 5. The van der Waals surface area contributed by atoms with Crippen LogP contribution in [0.1, 0.15) is 11.3 Å². The first kappa shape index (κ1) is 19.2. The molecule has 154 valence electrons. The molecule has 0 saturated heterocycles. The maximum Gasteiger partial charge on any atom is 0.230 e. The first-order valence-corrected chi connectivity index (χ1v) is 10.6. The van der Waals surface area contributed by atoms with Gasteiger partial charge in [0.1, 0.15) is 11.6 Å². The average Bonchev–Trinajstić information content (AvgIpc) is 3.48. The molecule has 0 unspecified atom stereocenters. The predicted octanol–water partition coefficient (Wildman–Crippen LogP) is 5.11. The molecule has 5 rings (SSSR count). The highest BCUT2D eigenvalue weighted by atomic mass is 32.1. The molecule has 31 heavy (non-hydrogen) atoms. The van der Waals surface area contributed by atoms with Gasteiger partial charge in [-0.3, -0.25) is 4.79 Å². The van der Waals surface area contributed by atoms with Gasteiger partial charge >= 0.3 is 0 Å². The highest BCUT2D eigenvalue weighted by molar-refractivity contribution is 7.12. The van der Waals surface area contributed by atoms with E-state index in [-0.39, 0.29) is 18.1 Å². The summed E-state index contributed by atoms with van der Waals surface area (Å²) in [5.74, 6) is 0.130. The maximum atomic E-state index is 13.2. The summed E-state index contributed by atoms with van der Waals surface area (Å²) in [6, 6.07) is 15.9. The Morgan fingerprint density at radius 2 is 2.00 bits per heavy atom. The molecule has 6 nitrogen and oxygen atoms in total. The third-order valence-electron chi connectivity index (χ3n) is 4.94. The molecule has 8 heteroatoms. The zero-order valence-corrected chi connectivity index (χ0v) is 17.4. The van der Waals surface area contributed by atoms with Gasteiger partial charge in [0, 0.05) is 34.1 Å². The summed E-state index contributed by atoms with van der Waals surface area (Å²) in [5.41, 5.74) is 4.24. The van der Waals surface area contributed by atoms with Crippen LogP contribution in [0.3, 0.4) is 0 Å². The van der Waals surface area contributed by atoms with Gasteiger partial charge in [-0.05, 0) is 42.8 Å². The van der Waals surface area contributed by atoms with Crippen LogP contribution in [0.15, 0.2) is 66.2 Å². The van der Waals surface area contributed by atoms with Gasteiger partial charge < -0.3 is 10.3 Å². The Hall–Kier alpha value is -3.78. The highest BCUT2D eigenvalue weighted by Gasteiger charge is 2.16. The minimum Gasteiger partial charge on any atom is -0.361 e. The number of aromatic amines is 1. The molecule has 0 aliphatic carbocycles. The van der Waals surface area contributed by atoms with Crippen molar-refractivity contribution in [1.29, 1.82) is 0 Å². The summed E-state index contributed by atoms with van der Waals surface area (Å²) >= 11 is 1.40. The minimum atomic E-state index is -0.290. The number of H-pyrrole nitrogens is 1. The topological polar surface area (TPSA) is 75.6 Å². The van der Waals surface area contributed by atoms with Crippen LogP contribution in [0, 0.1) is 12.7 Å². The number of amides is 1. The molecule has 3 heterocycles. The number of fused-ring (bicyclic) bond motifs is 1. The number of aromatic nitrogens is 4. The number of benzene rings is 2. The lowest BCUT2D eigenvalue weighted by molar-refractivity contribution is -0.115. The van der Waals surface area contributed by atoms with Gasteiger partial charge in [-0.1, -0.05) is 18.2 Å². The fourth-order valence-corrected chi connectivity index (χ4v) is 4.28. The van der Waals surface area contributed by atoms with Crippen molar-refractivity contribution >= 4 is 34.0 Å². The van der Waals surface area contributed by atoms with Gasteiger partial charge in [0.15, 0.2) is 0 Å². The van der Waals surface area contributed by atoms with Crippen LogP contribution >= 0.6 is 11.3 Å². The number of hydrogen-bond acceptors (Lipinski definition) is 4. The summed E-state index contributed by atoms with van der Waals surface area (Å²) in [6.45, 7) is 1.86. The van der Waals surface area contributed by atoms with E-state index >= 15 is 0 Å². The van der Waals surface area contributed by atoms with E-state index < -0.39 is 0 Å². The van der Waals surface area contributed by atoms with E-state index in [2.05, 4.69) is 20.4 Å². The van der Waals surface area contributed by atoms with Crippen LogP contribution < -0.4 is 5.32 Å². The van der Waals surface area contributed by atoms with Crippen molar-refractivity contribution < 1.29 is 9.18 Å². The van der Waals surface area contributed by atoms with Crippen molar-refractivity contribution in [2.24, 2.45) is 0 Å². The molecule has 0 saturated carbocycles. The summed E-state index contributed by atoms with van der Waals surface area (Å²) < 4.78 is 14.8. The fourth-order valence-electron chi connectivity index (χ4n) is 3.49. The zero-order valence-electron chi connectivity index (χ0n) is 16.6. The monoisotopic (exact) mass is 431 g/mol. The van der Waals surface area contributed by atoms with Crippen LogP contribution in [0.25, 0.3) is 27.3 Å². The third kappa shape index (κ3) is 3.85. The van der Waals surface area contributed by atoms with Crippen molar-refractivity contribution in [2.45, 2.75) is 13.3 Å². The Morgan fingerprint density at radius 1 is 1.19 bits per heavy atom. The Kier molecular flexibility index (Phi) is 4.83. The van der Waals surface area contributed by atoms with Crippen LogP contribution in [0.4, 0.5) is 10.2 Å². The molecule has 2 N–H and O–H groups in total. The summed E-state index contributed by atoms with van der Waals surface area (Å²) in [6.07, 6.45) is 2.11. The number of thiazole rings is 1. The number of carbonyl (C=O) groups excluding carboxylic acids is 1. The van der Waals surface area contributed by atoms with Gasteiger partial charge in [0.2, 0.25) is 11.0 Å². The van der Waals surface area contributed by atoms with E-state index in [0.717, 1.165) is 33.4 Å². The number of halogens is 1. The van der Waals surface area contributed by atoms with Gasteiger partial charge in [0.05, 0.1) is 17.8 Å². The quantitative estimate of drug-likeness (QED) is 0.406. The number of para-hydroxylation sites is 1. The molecule has 0 radical (unpaired) electrons. The largest absolute Gasteiger partial charge is 0.361 e. The molecular weight excluding hydrogens is 413 g/mol. The number of nitrogens with zero attached hydrogens (tertiary/aromatic N) is 3. The number of hydrogen-bond donors (Lipinski definition) is 2. The Balaban J connectivity index is 1.38. The summed E-state index contributed by atoms with van der Waals surface area (Å²) in [7, 11) is 0. The molecule has 2 aromatic carbocycles. The predicted molar refractivity (Wildman–Crippen MR) is 120 cm³/mol. The third-order valence-corrected chi connectivity index (χ3v) is 5.75. The highest BCUT2D eigenvalue weighted by Crippen LogP contribution is 2.27. The average molecular weight is 431 g/mol. The molecule has 1 amide bonds. The lowest BCUT2D eigenvalue weighted by atomic mass is 10.1. The number of carbonyl (C=O) groups is 1. The first-order valence-electron chi connectivity index (χ1n) is 9.70. The standard InChI is InChI=1S/C23H18FN5OS/c1-14-10-21(27-22(30)11-16-12-25-19-5-3-2-4-18(16)19)29(28-14)23-26-20(13-31-23)15-6-8-17(24)9-7-15/h2-10,12-13,25H,11H2,1H3,(H,27,30). The molecule has 5 aromatic rings. The lowest BCUT2D eigenvalue weighted by Crippen LogP contribution is -2.17. The van der Waals surface area contributed by atoms with Crippen molar-refractivity contribution in [1.82, 2.24) is 19.7 Å². The SMILES string of the molecule is Cc1cc(NC(=O)Cc2c[nH]c3ccccc23)n(-c2nc(-c3ccc(F)cc3)cs2)n1. The van der Waals surface area contributed by atoms with E-state index in [1.54, 1.807) is 16.8 Å². The lowest BCUT2D eigenvalue weighted by Gasteiger charge is -2.06. The van der Waals surface area contributed by atoms with Gasteiger partial charge in [-0.2, -0.15) is 9.78 Å². The molecule has 0 atom stereocenters. The Morgan fingerprint density at radius 3 is 2.84 bits per heavy atom. The van der Waals surface area contributed by atoms with Gasteiger partial charge in [-0.15, -0.1) is 11.3 Å². The molecule has 3 aromatic heterocycles. The molecular formula is C23H18FN5OS. The van der Waals surface area contributed by atoms with Crippen molar-refractivity contribution in [3.63, 3.8) is 0 Å². The van der Waals surface area contributed by atoms with Crippen molar-refractivity contribution in [2.75, 3.05) is 5.32 Å². The normalized spacial score (nSPS) is 11.2. The van der Waals surface area contributed by atoms with Crippen LogP contribution in [-0.2, 0) is 11.2 Å². The van der Waals surface area contributed by atoms with Gasteiger partial charge in [0.25, 0.3) is 0 Å². The molecule has 0 aliphatic heterocycles. The van der Waals surface area contributed by atoms with Gasteiger partial charge in [-0.25, -0.2) is 9.37 Å². The van der Waals surface area contributed by atoms with E-state index in [4.69, 9.17) is 0 Å². The van der Waals surface area contributed by atoms with E-state index in [0.29, 0.717) is 10.9 Å². The fraction of sp³-hybridized carbons (Fsp3) is 0.0870. The van der Waals surface area contributed by atoms with Crippen molar-refractivity contribution in [3.8, 4) is 16.4 Å². The second kappa shape index (κ2) is 7.81. The van der Waals surface area contributed by atoms with Crippen molar-refractivity contribution in [3.05, 3.63) is 83.2 Å². The van der Waals surface area contributed by atoms with E-state index in [9.17, 15) is 9.18 Å². The zero-order chi connectivity index (χ0) is 21.4. The van der Waals surface area contributed by atoms with E-state index in [1.165, 1.54) is 23.5 Å². The minimum absolute atomic E-state index is 0.138. The molecule has 0 bridgehead atoms. The second-order valence-electron chi connectivity index (χ2n) is 7.19. The molecule has 0 aliphatic rings. The Bertz CT molecular complexity index is 1380. The maximum absolute atomic E-state index is 13.2. The number of anilines is 1. The summed E-state index contributed by atoms with van der Waals surface area (Å²) in [4.78, 5) is 20.6. The second-order valence-corrected chi connectivity index (χ2v) is 8.03. The first-order chi connectivity index (χ1) is 15.1. The van der Waals surface area contributed by atoms with E-state index in [1.807, 2.05) is 48.8 Å². The van der Waals surface area contributed by atoms with Crippen LogP contribution in [-0.4, -0.2) is 25.7 Å². The smallest absolute Gasteiger partial charge is 0.230 e. The Labute approximate surface area is 181 Å². The number of nitrogens with one attached hydrogen (secondary N) is 2. The molecule has 0 fully saturated rings. The molecule has 0 spiro atoms.